The maximum Gasteiger partial charge on any atom is 0.335 e. The summed E-state index contributed by atoms with van der Waals surface area (Å²) in [5, 5.41) is 52.7. The Morgan fingerprint density at radius 1 is 1.07 bits per heavy atom. The van der Waals surface area contributed by atoms with Crippen LogP contribution >= 0.6 is 0 Å². The molecule has 2 fully saturated rings. The number of aliphatic carboxylic acids is 1. The number of aliphatic hydroxyl groups excluding tert-OH is 4. The van der Waals surface area contributed by atoms with Gasteiger partial charge in [-0.2, -0.15) is 0 Å². The number of rotatable bonds is 7. The van der Waals surface area contributed by atoms with E-state index < -0.39 is 79.5 Å². The van der Waals surface area contributed by atoms with Gasteiger partial charge in [-0.15, -0.1) is 0 Å². The molecule has 1 aliphatic carbocycles. The highest BCUT2D eigenvalue weighted by Crippen LogP contribution is 2.33. The van der Waals surface area contributed by atoms with E-state index >= 15 is 0 Å². The molecule has 0 radical (unpaired) electrons. The maximum absolute atomic E-state index is 11.7. The zero-order valence-corrected chi connectivity index (χ0v) is 16.4. The van der Waals surface area contributed by atoms with Crippen molar-refractivity contribution in [1.29, 1.82) is 0 Å². The number of carbonyl (C=O) groups excluding carboxylic acids is 1. The van der Waals surface area contributed by atoms with Gasteiger partial charge in [-0.25, -0.2) is 4.79 Å². The predicted octanol–water partition coefficient (Wildman–Crippen LogP) is -3.19. The smallest absolute Gasteiger partial charge is 0.335 e. The molecule has 2 aliphatic rings. The molecule has 1 saturated heterocycles. The summed E-state index contributed by atoms with van der Waals surface area (Å²) in [6.07, 6.45) is -10.8. The van der Waals surface area contributed by atoms with E-state index in [1.165, 1.54) is 21.1 Å². The minimum absolute atomic E-state index is 0.0296. The third-order valence-corrected chi connectivity index (χ3v) is 5.34. The fraction of sp³-hybridized carbons (Fsp3) is 0.882. The van der Waals surface area contributed by atoms with Gasteiger partial charge >= 0.3 is 5.97 Å². The highest BCUT2D eigenvalue weighted by molar-refractivity contribution is 5.74. The van der Waals surface area contributed by atoms with Crippen LogP contribution in [0.2, 0.25) is 0 Å². The van der Waals surface area contributed by atoms with Crippen LogP contribution in [0.1, 0.15) is 13.3 Å². The van der Waals surface area contributed by atoms with Crippen LogP contribution in [-0.4, -0.2) is 113 Å². The number of carboxylic acid groups (broad SMARTS) is 1. The van der Waals surface area contributed by atoms with Gasteiger partial charge in [0, 0.05) is 33.7 Å². The summed E-state index contributed by atoms with van der Waals surface area (Å²) in [4.78, 5) is 23.3. The van der Waals surface area contributed by atoms with E-state index in [2.05, 4.69) is 5.32 Å². The normalized spacial score (nSPS) is 43.0. The van der Waals surface area contributed by atoms with Gasteiger partial charge in [0.25, 0.3) is 0 Å². The average Bonchev–Trinajstić information content (AvgIpc) is 2.67. The predicted molar refractivity (Wildman–Crippen MR) is 93.6 cm³/mol. The van der Waals surface area contributed by atoms with E-state index in [4.69, 9.17) is 18.9 Å². The second kappa shape index (κ2) is 10.1. The number of ether oxygens (including phenoxy) is 4. The first-order chi connectivity index (χ1) is 13.7. The molecule has 12 heteroatoms. The number of carbonyl (C=O) groups is 2. The molecule has 168 valence electrons. The molecule has 10 atom stereocenters. The van der Waals surface area contributed by atoms with E-state index in [9.17, 15) is 35.1 Å². The third kappa shape index (κ3) is 5.03. The molecule has 0 aromatic carbocycles. The van der Waals surface area contributed by atoms with Crippen LogP contribution in [0, 0.1) is 5.92 Å². The van der Waals surface area contributed by atoms with Crippen LogP contribution in [0.3, 0.4) is 0 Å². The summed E-state index contributed by atoms with van der Waals surface area (Å²) in [7, 11) is 2.50. The summed E-state index contributed by atoms with van der Waals surface area (Å²) in [6.45, 7) is 0.841. The van der Waals surface area contributed by atoms with E-state index in [0.29, 0.717) is 0 Å². The van der Waals surface area contributed by atoms with Crippen molar-refractivity contribution in [3.63, 3.8) is 0 Å². The SMILES string of the molecule is COC1OC(C(=O)O)C(OC2CC(CO)C(O)C(OC)C2NC(C)=O)C(O)C1O. The topological polar surface area (TPSA) is 184 Å². The number of hydrogen-bond donors (Lipinski definition) is 6. The van der Waals surface area contributed by atoms with Gasteiger partial charge < -0.3 is 49.8 Å². The van der Waals surface area contributed by atoms with Gasteiger partial charge in [0.1, 0.15) is 24.4 Å². The first-order valence-corrected chi connectivity index (χ1v) is 9.17. The molecule has 10 unspecified atom stereocenters. The Morgan fingerprint density at radius 2 is 1.72 bits per heavy atom. The maximum atomic E-state index is 11.7. The van der Waals surface area contributed by atoms with Crippen molar-refractivity contribution in [1.82, 2.24) is 5.32 Å². The number of hydrogen-bond acceptors (Lipinski definition) is 10. The lowest BCUT2D eigenvalue weighted by Gasteiger charge is -2.47. The molecule has 0 aromatic rings. The Labute approximate surface area is 167 Å². The Hall–Kier alpha value is -1.38. The van der Waals surface area contributed by atoms with E-state index in [0.717, 1.165) is 0 Å². The molecule has 0 spiro atoms. The highest BCUT2D eigenvalue weighted by atomic mass is 16.7. The molecular formula is C17H29NO11. The van der Waals surface area contributed by atoms with Gasteiger partial charge in [-0.05, 0) is 6.42 Å². The van der Waals surface area contributed by atoms with Crippen molar-refractivity contribution < 1.29 is 54.1 Å². The Bertz CT molecular complexity index is 576. The lowest BCUT2D eigenvalue weighted by Crippen LogP contribution is -2.66. The highest BCUT2D eigenvalue weighted by Gasteiger charge is 2.52. The second-order valence-corrected chi connectivity index (χ2v) is 7.21. The molecule has 6 N–H and O–H groups in total. The number of carboxylic acids is 1. The number of nitrogens with one attached hydrogen (secondary N) is 1. The molecule has 2 rings (SSSR count). The Morgan fingerprint density at radius 3 is 2.21 bits per heavy atom. The number of aliphatic hydroxyl groups is 4. The first kappa shape index (κ1) is 23.9. The van der Waals surface area contributed by atoms with Crippen molar-refractivity contribution in [3.8, 4) is 0 Å². The summed E-state index contributed by atoms with van der Waals surface area (Å²) >= 11 is 0. The lowest BCUT2D eigenvalue weighted by atomic mass is 9.79. The molecule has 1 aliphatic heterocycles. The summed E-state index contributed by atoms with van der Waals surface area (Å²) in [6, 6.07) is -0.908. The van der Waals surface area contributed by atoms with Gasteiger partial charge in [0.2, 0.25) is 5.91 Å². The fourth-order valence-corrected chi connectivity index (χ4v) is 3.88. The minimum atomic E-state index is -1.67. The second-order valence-electron chi connectivity index (χ2n) is 7.21. The average molecular weight is 423 g/mol. The third-order valence-electron chi connectivity index (χ3n) is 5.34. The van der Waals surface area contributed by atoms with Gasteiger partial charge in [0.15, 0.2) is 12.4 Å². The van der Waals surface area contributed by atoms with Gasteiger partial charge in [-0.3, -0.25) is 4.79 Å². The Kier molecular flexibility index (Phi) is 8.31. The van der Waals surface area contributed by atoms with Crippen molar-refractivity contribution in [3.05, 3.63) is 0 Å². The van der Waals surface area contributed by atoms with Crippen LogP contribution in [0.4, 0.5) is 0 Å². The number of amides is 1. The van der Waals surface area contributed by atoms with E-state index in [1.54, 1.807) is 0 Å². The van der Waals surface area contributed by atoms with Crippen LogP contribution in [0.25, 0.3) is 0 Å². The van der Waals surface area contributed by atoms with Crippen molar-refractivity contribution in [2.75, 3.05) is 20.8 Å². The zero-order valence-electron chi connectivity index (χ0n) is 16.4. The van der Waals surface area contributed by atoms with Crippen molar-refractivity contribution in [2.24, 2.45) is 5.92 Å². The monoisotopic (exact) mass is 423 g/mol. The van der Waals surface area contributed by atoms with Gasteiger partial charge in [0.05, 0.1) is 18.2 Å². The lowest BCUT2D eigenvalue weighted by molar-refractivity contribution is -0.304. The minimum Gasteiger partial charge on any atom is -0.479 e. The van der Waals surface area contributed by atoms with Crippen LogP contribution in [0.5, 0.6) is 0 Å². The van der Waals surface area contributed by atoms with E-state index in [-0.39, 0.29) is 6.42 Å². The van der Waals surface area contributed by atoms with E-state index in [1.807, 2.05) is 0 Å². The largest absolute Gasteiger partial charge is 0.479 e. The van der Waals surface area contributed by atoms with Crippen LogP contribution in [0.15, 0.2) is 0 Å². The first-order valence-electron chi connectivity index (χ1n) is 9.17. The molecular weight excluding hydrogens is 394 g/mol. The van der Waals surface area contributed by atoms with Crippen LogP contribution < -0.4 is 5.32 Å². The Balaban J connectivity index is 2.32. The van der Waals surface area contributed by atoms with Gasteiger partial charge in [-0.1, -0.05) is 0 Å². The number of methoxy groups -OCH3 is 2. The molecule has 0 aromatic heterocycles. The van der Waals surface area contributed by atoms with Crippen molar-refractivity contribution >= 4 is 11.9 Å². The fourth-order valence-electron chi connectivity index (χ4n) is 3.88. The molecule has 29 heavy (non-hydrogen) atoms. The molecule has 1 heterocycles. The summed E-state index contributed by atoms with van der Waals surface area (Å²) < 4.78 is 21.2. The van der Waals surface area contributed by atoms with Crippen molar-refractivity contribution in [2.45, 2.75) is 68.4 Å². The quantitative estimate of drug-likeness (QED) is 0.242. The molecule has 1 saturated carbocycles. The molecule has 12 nitrogen and oxygen atoms in total. The standard InChI is InChI=1S/C17H29NO11/c1-6(20)18-9-8(4-7(5-19)10(21)13(9)26-2)28-14-11(22)12(23)17(27-3)29-15(14)16(24)25/h7-15,17,19,21-23H,4-5H2,1-3H3,(H,18,20)(H,24,25). The summed E-state index contributed by atoms with van der Waals surface area (Å²) in [5.74, 6) is -2.58. The molecule has 1 amide bonds. The summed E-state index contributed by atoms with van der Waals surface area (Å²) in [5.41, 5.74) is 0. The zero-order chi connectivity index (χ0) is 21.9. The molecule has 0 bridgehead atoms. The van der Waals surface area contributed by atoms with Crippen LogP contribution in [-0.2, 0) is 28.5 Å².